The third-order valence-corrected chi connectivity index (χ3v) is 6.28. The van der Waals surface area contributed by atoms with Crippen LogP contribution >= 0.6 is 0 Å². The molecule has 0 saturated carbocycles. The summed E-state index contributed by atoms with van der Waals surface area (Å²) in [5.41, 5.74) is 3.81. The standard InChI is InChI=1S/C28H24FN3O2.Na/c1-19-27-25(30-32(28(27)34)23-14-12-22(29)13-15-23)18-26(33)31(19)17-16-24(20-8-4-2-5-9-20)21-10-6-3-7-11-21;/h2-15,18,24,33H,16-17H2,1H3;/q;+1/p-1. The average Bonchev–Trinajstić information content (AvgIpc) is 3.18. The van der Waals surface area contributed by atoms with Gasteiger partial charge in [0.05, 0.1) is 16.9 Å². The monoisotopic (exact) mass is 475 g/mol. The number of hydrogen-bond donors (Lipinski definition) is 0. The van der Waals surface area contributed by atoms with Gasteiger partial charge in [-0.3, -0.25) is 4.79 Å². The van der Waals surface area contributed by atoms with E-state index in [0.29, 0.717) is 35.6 Å². The van der Waals surface area contributed by atoms with E-state index in [-0.39, 0.29) is 46.9 Å². The molecule has 170 valence electrons. The zero-order valence-corrected chi connectivity index (χ0v) is 21.7. The van der Waals surface area contributed by atoms with E-state index in [1.165, 1.54) is 46.1 Å². The van der Waals surface area contributed by atoms with Crippen molar-refractivity contribution in [2.75, 3.05) is 0 Å². The van der Waals surface area contributed by atoms with E-state index in [0.717, 1.165) is 0 Å². The SMILES string of the molecule is Cc1c2c(=O)n(-c3ccc(F)cc3)nc-2cc([O-])n1CCC(c1ccccc1)c1ccccc1.[Na+]. The van der Waals surface area contributed by atoms with Gasteiger partial charge in [-0.2, -0.15) is 9.78 Å². The molecule has 0 spiro atoms. The van der Waals surface area contributed by atoms with Gasteiger partial charge < -0.3 is 9.67 Å². The summed E-state index contributed by atoms with van der Waals surface area (Å²) in [5.74, 6) is -0.484. The Balaban J connectivity index is 0.00000289. The number of aromatic nitrogens is 3. The molecule has 2 aliphatic rings. The van der Waals surface area contributed by atoms with Gasteiger partial charge in [0.1, 0.15) is 5.82 Å². The molecule has 0 bridgehead atoms. The Bertz CT molecular complexity index is 1410. The Kier molecular flexibility index (Phi) is 7.55. The minimum Gasteiger partial charge on any atom is -0.860 e. The van der Waals surface area contributed by atoms with Crippen molar-refractivity contribution in [3.8, 4) is 22.8 Å². The molecule has 0 amide bonds. The first kappa shape index (κ1) is 24.9. The number of nitrogens with zero attached hydrogens (tertiary/aromatic N) is 3. The van der Waals surface area contributed by atoms with E-state index in [9.17, 15) is 14.3 Å². The van der Waals surface area contributed by atoms with Crippen molar-refractivity contribution in [2.45, 2.75) is 25.8 Å². The van der Waals surface area contributed by atoms with Gasteiger partial charge in [-0.1, -0.05) is 60.7 Å². The number of rotatable bonds is 6. The first-order valence-corrected chi connectivity index (χ1v) is 11.2. The van der Waals surface area contributed by atoms with E-state index in [1.54, 1.807) is 11.5 Å². The third-order valence-electron chi connectivity index (χ3n) is 6.28. The fourth-order valence-electron chi connectivity index (χ4n) is 4.54. The second-order valence-electron chi connectivity index (χ2n) is 8.34. The Morgan fingerprint density at radius 1 is 0.914 bits per heavy atom. The van der Waals surface area contributed by atoms with E-state index >= 15 is 0 Å². The van der Waals surface area contributed by atoms with Crippen molar-refractivity contribution in [2.24, 2.45) is 0 Å². The molecule has 0 atom stereocenters. The molecule has 2 aliphatic heterocycles. The van der Waals surface area contributed by atoms with Crippen LogP contribution in [0.5, 0.6) is 5.88 Å². The van der Waals surface area contributed by atoms with Crippen LogP contribution in [0.3, 0.4) is 0 Å². The summed E-state index contributed by atoms with van der Waals surface area (Å²) in [6.45, 7) is 2.23. The molecule has 0 aromatic heterocycles. The summed E-state index contributed by atoms with van der Waals surface area (Å²) in [5, 5.41) is 17.3. The van der Waals surface area contributed by atoms with Crippen molar-refractivity contribution in [1.82, 2.24) is 14.3 Å². The number of hydrogen-bond acceptors (Lipinski definition) is 3. The zero-order chi connectivity index (χ0) is 23.7. The smallest absolute Gasteiger partial charge is 0.860 e. The van der Waals surface area contributed by atoms with Gasteiger partial charge in [0.25, 0.3) is 5.56 Å². The summed E-state index contributed by atoms with van der Waals surface area (Å²) < 4.78 is 16.2. The average molecular weight is 475 g/mol. The number of fused-ring (bicyclic) bond motifs is 1. The molecule has 0 radical (unpaired) electrons. The summed E-state index contributed by atoms with van der Waals surface area (Å²) in [4.78, 5) is 13.2. The molecule has 0 aliphatic carbocycles. The molecule has 5 nitrogen and oxygen atoms in total. The van der Waals surface area contributed by atoms with Crippen LogP contribution < -0.4 is 40.2 Å². The molecule has 7 heteroatoms. The topological polar surface area (TPSA) is 62.9 Å². The van der Waals surface area contributed by atoms with Crippen LogP contribution in [0, 0.1) is 12.7 Å². The fraction of sp³-hybridized carbons (Fsp3) is 0.143. The van der Waals surface area contributed by atoms with Crippen molar-refractivity contribution < 1.29 is 39.1 Å². The zero-order valence-electron chi connectivity index (χ0n) is 19.7. The predicted molar refractivity (Wildman–Crippen MR) is 128 cm³/mol. The van der Waals surface area contributed by atoms with Gasteiger partial charge in [-0.05, 0) is 60.7 Å². The Hall–Kier alpha value is -3.19. The minimum absolute atomic E-state index is 0. The molecule has 0 N–H and O–H groups in total. The Labute approximate surface area is 225 Å². The number of halogens is 1. The molecular formula is C28H23FN3NaO2. The van der Waals surface area contributed by atoms with Crippen molar-refractivity contribution >= 4 is 0 Å². The van der Waals surface area contributed by atoms with Crippen molar-refractivity contribution in [1.29, 1.82) is 0 Å². The van der Waals surface area contributed by atoms with E-state index < -0.39 is 5.82 Å². The minimum atomic E-state index is -0.393. The summed E-state index contributed by atoms with van der Waals surface area (Å²) in [7, 11) is 0. The quantitative estimate of drug-likeness (QED) is 0.353. The van der Waals surface area contributed by atoms with Crippen molar-refractivity contribution in [3.05, 3.63) is 124 Å². The summed E-state index contributed by atoms with van der Waals surface area (Å²) in [6, 6.07) is 27.4. The Morgan fingerprint density at radius 2 is 1.49 bits per heavy atom. The van der Waals surface area contributed by atoms with Crippen LogP contribution in [0.25, 0.3) is 16.9 Å². The van der Waals surface area contributed by atoms with Crippen LogP contribution in [-0.4, -0.2) is 14.3 Å². The largest absolute Gasteiger partial charge is 1.00 e. The second-order valence-corrected chi connectivity index (χ2v) is 8.34. The summed E-state index contributed by atoms with van der Waals surface area (Å²) in [6.07, 6.45) is 0.695. The van der Waals surface area contributed by atoms with Crippen LogP contribution in [0.15, 0.2) is 95.8 Å². The van der Waals surface area contributed by atoms with Crippen LogP contribution in [-0.2, 0) is 6.54 Å². The molecule has 0 fully saturated rings. The second kappa shape index (κ2) is 10.6. The number of benzene rings is 3. The maximum atomic E-state index is 13.3. The molecule has 3 aromatic rings. The molecular weight excluding hydrogens is 452 g/mol. The van der Waals surface area contributed by atoms with Gasteiger partial charge in [-0.25, -0.2) is 4.39 Å². The molecule has 5 rings (SSSR count). The number of pyridine rings is 1. The van der Waals surface area contributed by atoms with Gasteiger partial charge in [0.2, 0.25) is 0 Å². The molecule has 2 heterocycles. The first-order valence-electron chi connectivity index (χ1n) is 11.2. The van der Waals surface area contributed by atoms with Gasteiger partial charge >= 0.3 is 29.6 Å². The Morgan fingerprint density at radius 3 is 2.06 bits per heavy atom. The molecule has 35 heavy (non-hydrogen) atoms. The van der Waals surface area contributed by atoms with Gasteiger partial charge in [0.15, 0.2) is 0 Å². The van der Waals surface area contributed by atoms with Crippen LogP contribution in [0.2, 0.25) is 0 Å². The van der Waals surface area contributed by atoms with Gasteiger partial charge in [0, 0.05) is 18.2 Å². The summed E-state index contributed by atoms with van der Waals surface area (Å²) >= 11 is 0. The maximum Gasteiger partial charge on any atom is 1.00 e. The molecule has 0 unspecified atom stereocenters. The van der Waals surface area contributed by atoms with Crippen molar-refractivity contribution in [3.63, 3.8) is 0 Å². The molecule has 0 saturated heterocycles. The van der Waals surface area contributed by atoms with E-state index in [4.69, 9.17) is 0 Å². The molecule has 3 aromatic carbocycles. The van der Waals surface area contributed by atoms with E-state index in [1.807, 2.05) is 36.4 Å². The van der Waals surface area contributed by atoms with E-state index in [2.05, 4.69) is 29.4 Å². The predicted octanol–water partition coefficient (Wildman–Crippen LogP) is 1.89. The fourth-order valence-corrected chi connectivity index (χ4v) is 4.54. The normalized spacial score (nSPS) is 11.1. The van der Waals surface area contributed by atoms with Gasteiger partial charge in [-0.15, -0.1) is 0 Å². The van der Waals surface area contributed by atoms with Crippen LogP contribution in [0.1, 0.15) is 29.2 Å². The third kappa shape index (κ3) is 4.96. The van der Waals surface area contributed by atoms with Crippen LogP contribution in [0.4, 0.5) is 4.39 Å². The first-order chi connectivity index (χ1) is 16.5. The maximum absolute atomic E-state index is 13.3.